The van der Waals surface area contributed by atoms with Crippen LogP contribution in [0.4, 0.5) is 0 Å². The van der Waals surface area contributed by atoms with Gasteiger partial charge in [0.2, 0.25) is 0 Å². The van der Waals surface area contributed by atoms with Crippen molar-refractivity contribution in [3.05, 3.63) is 58.7 Å². The molecule has 1 aliphatic rings. The molecule has 0 atom stereocenters. The van der Waals surface area contributed by atoms with Crippen LogP contribution in [-0.4, -0.2) is 12.8 Å². The summed E-state index contributed by atoms with van der Waals surface area (Å²) in [4.78, 5) is 4.38. The Morgan fingerprint density at radius 3 is 2.56 bits per heavy atom. The highest BCUT2D eigenvalue weighted by Gasteiger charge is 2.26. The van der Waals surface area contributed by atoms with Gasteiger partial charge in [-0.1, -0.05) is 68.7 Å². The zero-order valence-corrected chi connectivity index (χ0v) is 17.2. The molecule has 1 aliphatic carbocycles. The van der Waals surface area contributed by atoms with E-state index in [1.54, 1.807) is 5.57 Å². The van der Waals surface area contributed by atoms with E-state index in [-0.39, 0.29) is 1.43 Å². The standard InChI is InChI=1S/C24H37N/c1-7-8-18-25-19-16-21(3)12-9-11-20(2)14-15-23-22(4)13-10-17-24(23,5)6/h9,11-12,14-16,19H,7-8,10,13,17-18H2,1-6H3/p+1/b12-9+,15-14+,20-11+,21-16+,25-19?. The Bertz CT molecular complexity index is 598. The molecule has 138 valence electrons. The molecule has 0 spiro atoms. The van der Waals surface area contributed by atoms with Crippen LogP contribution in [0.5, 0.6) is 0 Å². The minimum absolute atomic E-state index is 0. The van der Waals surface area contributed by atoms with Gasteiger partial charge in [0.1, 0.15) is 0 Å². The number of unbranched alkanes of at least 4 members (excludes halogenated alkanes) is 1. The summed E-state index contributed by atoms with van der Waals surface area (Å²) in [6.45, 7) is 14.4. The van der Waals surface area contributed by atoms with Crippen LogP contribution in [0.1, 0.15) is 75.1 Å². The molecule has 0 unspecified atom stereocenters. The summed E-state index contributed by atoms with van der Waals surface area (Å²) in [5.74, 6) is 0. The normalized spacial score (nSPS) is 19.8. The van der Waals surface area contributed by atoms with E-state index < -0.39 is 0 Å². The Balaban J connectivity index is 0.00000625. The quantitative estimate of drug-likeness (QED) is 0.246. The molecular formula is C24H38N+. The molecule has 0 aliphatic heterocycles. The molecule has 0 radical (unpaired) electrons. The zero-order valence-electron chi connectivity index (χ0n) is 18.2. The third-order valence-corrected chi connectivity index (χ3v) is 4.86. The van der Waals surface area contributed by atoms with E-state index in [1.165, 1.54) is 48.8 Å². The van der Waals surface area contributed by atoms with Gasteiger partial charge in [0.15, 0.2) is 0 Å². The molecule has 0 fully saturated rings. The second kappa shape index (κ2) is 11.1. The summed E-state index contributed by atoms with van der Waals surface area (Å²) >= 11 is 0. The summed E-state index contributed by atoms with van der Waals surface area (Å²) in [7, 11) is 0. The van der Waals surface area contributed by atoms with Gasteiger partial charge in [-0.3, -0.25) is 4.99 Å². The van der Waals surface area contributed by atoms with Crippen molar-refractivity contribution >= 4 is 6.21 Å². The van der Waals surface area contributed by atoms with Gasteiger partial charge in [0.05, 0.1) is 0 Å². The van der Waals surface area contributed by atoms with Crippen LogP contribution in [0, 0.1) is 5.41 Å². The van der Waals surface area contributed by atoms with Crippen LogP contribution in [0.3, 0.4) is 0 Å². The molecule has 0 saturated heterocycles. The van der Waals surface area contributed by atoms with E-state index in [4.69, 9.17) is 0 Å². The smallest absolute Gasteiger partial charge is 0.293 e. The molecule has 25 heavy (non-hydrogen) atoms. The maximum atomic E-state index is 4.38. The first-order valence-corrected chi connectivity index (χ1v) is 9.77. The Kier molecular flexibility index (Phi) is 9.49. The summed E-state index contributed by atoms with van der Waals surface area (Å²) < 4.78 is 0. The van der Waals surface area contributed by atoms with E-state index in [0.29, 0.717) is 5.41 Å². The molecule has 0 aromatic carbocycles. The average molecular weight is 341 g/mol. The van der Waals surface area contributed by atoms with Crippen molar-refractivity contribution in [2.24, 2.45) is 10.4 Å². The van der Waals surface area contributed by atoms with Crippen LogP contribution in [0.25, 0.3) is 0 Å². The molecule has 0 aromatic rings. The second-order valence-corrected chi connectivity index (χ2v) is 7.85. The average Bonchev–Trinajstić information content (AvgIpc) is 2.53. The lowest BCUT2D eigenvalue weighted by molar-refractivity contribution is 0.377. The number of hydrogen-bond donors (Lipinski definition) is 0. The Labute approximate surface area is 157 Å². The molecule has 0 heterocycles. The first-order chi connectivity index (χ1) is 11.9. The van der Waals surface area contributed by atoms with Gasteiger partial charge < -0.3 is 0 Å². The summed E-state index contributed by atoms with van der Waals surface area (Å²) in [6.07, 6.45) is 21.2. The van der Waals surface area contributed by atoms with Gasteiger partial charge in [-0.05, 0) is 69.1 Å². The lowest BCUT2D eigenvalue weighted by Gasteiger charge is -2.32. The van der Waals surface area contributed by atoms with Crippen molar-refractivity contribution in [2.45, 2.75) is 73.6 Å². The second-order valence-electron chi connectivity index (χ2n) is 7.85. The summed E-state index contributed by atoms with van der Waals surface area (Å²) in [6, 6.07) is 0. The van der Waals surface area contributed by atoms with E-state index >= 15 is 0 Å². The number of hydrogen-bond acceptors (Lipinski definition) is 1. The van der Waals surface area contributed by atoms with Gasteiger partial charge in [-0.25, -0.2) is 0 Å². The molecule has 1 rings (SSSR count). The predicted molar refractivity (Wildman–Crippen MR) is 116 cm³/mol. The van der Waals surface area contributed by atoms with Crippen LogP contribution < -0.4 is 0 Å². The number of rotatable bonds is 8. The van der Waals surface area contributed by atoms with Crippen LogP contribution in [-0.2, 0) is 0 Å². The van der Waals surface area contributed by atoms with E-state index in [9.17, 15) is 0 Å². The first kappa shape index (κ1) is 21.4. The van der Waals surface area contributed by atoms with Gasteiger partial charge in [0, 0.05) is 12.8 Å². The molecule has 0 aromatic heterocycles. The van der Waals surface area contributed by atoms with Crippen LogP contribution in [0.2, 0.25) is 0 Å². The van der Waals surface area contributed by atoms with Crippen molar-refractivity contribution in [1.82, 2.24) is 0 Å². The highest BCUT2D eigenvalue weighted by Crippen LogP contribution is 2.40. The molecule has 0 amide bonds. The van der Waals surface area contributed by atoms with Crippen molar-refractivity contribution in [2.75, 3.05) is 6.54 Å². The maximum Gasteiger partial charge on any atom is 1.00 e. The topological polar surface area (TPSA) is 12.4 Å². The van der Waals surface area contributed by atoms with Crippen molar-refractivity contribution in [3.8, 4) is 0 Å². The highest BCUT2D eigenvalue weighted by atomic mass is 14.7. The molecule has 0 bridgehead atoms. The zero-order chi connectivity index (χ0) is 18.7. The highest BCUT2D eigenvalue weighted by molar-refractivity contribution is 5.72. The molecule has 1 nitrogen and oxygen atoms in total. The fourth-order valence-electron chi connectivity index (χ4n) is 3.18. The summed E-state index contributed by atoms with van der Waals surface area (Å²) in [5, 5.41) is 0. The van der Waals surface area contributed by atoms with E-state index in [0.717, 1.165) is 6.54 Å². The van der Waals surface area contributed by atoms with Gasteiger partial charge in [-0.15, -0.1) is 0 Å². The van der Waals surface area contributed by atoms with Crippen molar-refractivity contribution < 1.29 is 1.43 Å². The molecular weight excluding hydrogens is 302 g/mol. The van der Waals surface area contributed by atoms with E-state index in [1.807, 2.05) is 6.21 Å². The molecule has 0 saturated carbocycles. The minimum atomic E-state index is 0. The van der Waals surface area contributed by atoms with Crippen LogP contribution >= 0.6 is 0 Å². The Morgan fingerprint density at radius 1 is 1.16 bits per heavy atom. The predicted octanol–water partition coefficient (Wildman–Crippen LogP) is 7.50. The SMILES string of the molecule is CCCCN=C/C=C(C)/C=C/C=C(C)/C=C/C1=C(C)CCCC1(C)C.[H+]. The van der Waals surface area contributed by atoms with Gasteiger partial charge in [0.25, 0.3) is 0 Å². The number of allylic oxidation sites excluding steroid dienone is 10. The first-order valence-electron chi connectivity index (χ1n) is 9.77. The monoisotopic (exact) mass is 340 g/mol. The maximum absolute atomic E-state index is 4.38. The largest absolute Gasteiger partial charge is 1.00 e. The molecule has 0 N–H and O–H groups in total. The Morgan fingerprint density at radius 2 is 1.88 bits per heavy atom. The lowest BCUT2D eigenvalue weighted by atomic mass is 9.72. The summed E-state index contributed by atoms with van der Waals surface area (Å²) in [5.41, 5.74) is 5.89. The number of aliphatic imine (C=N–C) groups is 1. The van der Waals surface area contributed by atoms with Gasteiger partial charge in [-0.2, -0.15) is 0 Å². The number of nitrogens with zero attached hydrogens (tertiary/aromatic N) is 1. The van der Waals surface area contributed by atoms with Crippen molar-refractivity contribution in [1.29, 1.82) is 0 Å². The van der Waals surface area contributed by atoms with Crippen LogP contribution in [0.15, 0.2) is 63.7 Å². The third kappa shape index (κ3) is 8.34. The Hall–Kier alpha value is -1.63. The van der Waals surface area contributed by atoms with E-state index in [2.05, 4.69) is 83.0 Å². The third-order valence-electron chi connectivity index (χ3n) is 4.86. The van der Waals surface area contributed by atoms with Gasteiger partial charge >= 0.3 is 1.43 Å². The fraction of sp³-hybridized carbons (Fsp3) is 0.542. The minimum Gasteiger partial charge on any atom is -0.293 e. The molecule has 1 heteroatoms. The fourth-order valence-corrected chi connectivity index (χ4v) is 3.18. The van der Waals surface area contributed by atoms with Crippen molar-refractivity contribution in [3.63, 3.8) is 0 Å². The lowest BCUT2D eigenvalue weighted by Crippen LogP contribution is -2.19.